The minimum atomic E-state index is -3.69. The number of nitrogens with zero attached hydrogens (tertiary/aromatic N) is 4. The lowest BCUT2D eigenvalue weighted by Crippen LogP contribution is -2.15. The molecule has 0 saturated heterocycles. The van der Waals surface area contributed by atoms with Crippen LogP contribution in [-0.4, -0.2) is 33.4 Å². The monoisotopic (exact) mass is 272 g/mol. The second-order valence-electron chi connectivity index (χ2n) is 3.17. The minimum absolute atomic E-state index is 0.192. The first kappa shape index (κ1) is 12.9. The van der Waals surface area contributed by atoms with Gasteiger partial charge in [0.25, 0.3) is 0 Å². The summed E-state index contributed by atoms with van der Waals surface area (Å²) in [6, 6.07) is 3.42. The number of phosphoric acid groups is 1. The smallest absolute Gasteiger partial charge is 0.289 e. The zero-order valence-electron chi connectivity index (χ0n) is 10.0. The molecular formula is C9H13N4O4P. The fourth-order valence-electron chi connectivity index (χ4n) is 1.30. The molecule has 0 spiro atoms. The molecule has 0 unspecified atom stereocenters. The molecule has 0 fully saturated rings. The highest BCUT2D eigenvalue weighted by atomic mass is 31.2. The quantitative estimate of drug-likeness (QED) is 0.735. The van der Waals surface area contributed by atoms with Crippen molar-refractivity contribution in [3.63, 3.8) is 0 Å². The molecule has 2 aromatic rings. The highest BCUT2D eigenvalue weighted by molar-refractivity contribution is 7.48. The van der Waals surface area contributed by atoms with Crippen LogP contribution in [0.25, 0.3) is 11.2 Å². The molecule has 0 aliphatic rings. The first-order valence-electron chi connectivity index (χ1n) is 5.44. The average Bonchev–Trinajstić information content (AvgIpc) is 2.73. The third-order valence-corrected chi connectivity index (χ3v) is 3.44. The van der Waals surface area contributed by atoms with Gasteiger partial charge in [0.15, 0.2) is 0 Å². The van der Waals surface area contributed by atoms with Crippen molar-refractivity contribution in [2.75, 3.05) is 13.2 Å². The summed E-state index contributed by atoms with van der Waals surface area (Å²) in [5.41, 5.74) is 0.870. The summed E-state index contributed by atoms with van der Waals surface area (Å²) in [7, 11) is -3.69. The lowest BCUT2D eigenvalue weighted by atomic mass is 10.4. The Kier molecular flexibility index (Phi) is 3.90. The highest BCUT2D eigenvalue weighted by Crippen LogP contribution is 2.45. The Bertz CT molecular complexity index is 562. The van der Waals surface area contributed by atoms with Crippen molar-refractivity contribution in [3.05, 3.63) is 18.3 Å². The summed E-state index contributed by atoms with van der Waals surface area (Å²) in [5, 5.41) is 7.51. The van der Waals surface area contributed by atoms with Crippen molar-refractivity contribution in [1.82, 2.24) is 20.1 Å². The molecule has 0 radical (unpaired) electrons. The molecule has 0 atom stereocenters. The van der Waals surface area contributed by atoms with Crippen LogP contribution in [0.4, 0.5) is 0 Å². The molecule has 18 heavy (non-hydrogen) atoms. The zero-order chi connectivity index (χ0) is 13.0. The van der Waals surface area contributed by atoms with E-state index in [-0.39, 0.29) is 13.2 Å². The molecule has 8 nitrogen and oxygen atoms in total. The Morgan fingerprint density at radius 3 is 2.72 bits per heavy atom. The lowest BCUT2D eigenvalue weighted by Gasteiger charge is -2.15. The number of phosphoric ester groups is 1. The van der Waals surface area contributed by atoms with Crippen LogP contribution in [0.5, 0.6) is 0 Å². The maximum atomic E-state index is 12.1. The van der Waals surface area contributed by atoms with Gasteiger partial charge in [-0.25, -0.2) is 9.55 Å². The van der Waals surface area contributed by atoms with Gasteiger partial charge in [-0.3, -0.25) is 13.7 Å². The van der Waals surface area contributed by atoms with Crippen molar-refractivity contribution in [1.29, 1.82) is 0 Å². The first-order valence-corrected chi connectivity index (χ1v) is 6.90. The van der Waals surface area contributed by atoms with Gasteiger partial charge in [0.1, 0.15) is 5.52 Å². The normalized spacial score (nSPS) is 11.9. The maximum absolute atomic E-state index is 12.1. The van der Waals surface area contributed by atoms with E-state index in [0.717, 1.165) is 4.85 Å². The van der Waals surface area contributed by atoms with Crippen LogP contribution in [0, 0.1) is 0 Å². The Morgan fingerprint density at radius 2 is 2.06 bits per heavy atom. The standard InChI is InChI=1S/C9H13N4O4P/c1-3-15-18(14,16-4-2)17-13-9-8(11-12-13)6-5-7-10-9/h5-7H,3-4H2,1-2H3. The van der Waals surface area contributed by atoms with Gasteiger partial charge < -0.3 is 0 Å². The maximum Gasteiger partial charge on any atom is 0.550 e. The van der Waals surface area contributed by atoms with Crippen LogP contribution < -0.4 is 4.62 Å². The lowest BCUT2D eigenvalue weighted by molar-refractivity contribution is 0.100. The Hall–Kier alpha value is -1.50. The van der Waals surface area contributed by atoms with E-state index in [4.69, 9.17) is 13.7 Å². The van der Waals surface area contributed by atoms with Crippen molar-refractivity contribution in [3.8, 4) is 0 Å². The molecule has 0 saturated carbocycles. The van der Waals surface area contributed by atoms with Gasteiger partial charge in [-0.15, -0.1) is 5.10 Å². The van der Waals surface area contributed by atoms with Crippen LogP contribution in [0.1, 0.15) is 13.8 Å². The van der Waals surface area contributed by atoms with Crippen LogP contribution in [0.3, 0.4) is 0 Å². The molecule has 9 heteroatoms. The molecular weight excluding hydrogens is 259 g/mol. The largest absolute Gasteiger partial charge is 0.550 e. The molecule has 2 aromatic heterocycles. The average molecular weight is 272 g/mol. The third kappa shape index (κ3) is 2.66. The second-order valence-corrected chi connectivity index (χ2v) is 4.75. The number of rotatable bonds is 6. The fourth-order valence-corrected chi connectivity index (χ4v) is 2.40. The number of hydrogen-bond acceptors (Lipinski definition) is 7. The summed E-state index contributed by atoms with van der Waals surface area (Å²) >= 11 is 0. The molecule has 0 aliphatic carbocycles. The van der Waals surface area contributed by atoms with Gasteiger partial charge in [-0.1, -0.05) is 0 Å². The van der Waals surface area contributed by atoms with Crippen LogP contribution in [0.2, 0.25) is 0 Å². The van der Waals surface area contributed by atoms with E-state index in [1.807, 2.05) is 0 Å². The van der Waals surface area contributed by atoms with Gasteiger partial charge >= 0.3 is 7.82 Å². The minimum Gasteiger partial charge on any atom is -0.289 e. The number of pyridine rings is 1. The predicted molar refractivity (Wildman–Crippen MR) is 62.8 cm³/mol. The second kappa shape index (κ2) is 5.43. The summed E-state index contributed by atoms with van der Waals surface area (Å²) in [6.07, 6.45) is 1.55. The van der Waals surface area contributed by atoms with Gasteiger partial charge in [-0.2, -0.15) is 0 Å². The summed E-state index contributed by atoms with van der Waals surface area (Å²) < 4.78 is 27.2. The number of aromatic nitrogens is 4. The van der Waals surface area contributed by atoms with Gasteiger partial charge in [0.05, 0.1) is 13.2 Å². The van der Waals surface area contributed by atoms with Crippen LogP contribution >= 0.6 is 7.82 Å². The van der Waals surface area contributed by atoms with E-state index in [2.05, 4.69) is 15.3 Å². The SMILES string of the molecule is CCOP(=O)(OCC)On1nnc2cccnc21. The molecule has 0 bridgehead atoms. The van der Waals surface area contributed by atoms with E-state index in [1.165, 1.54) is 0 Å². The predicted octanol–water partition coefficient (Wildman–Crippen LogP) is 1.44. The van der Waals surface area contributed by atoms with Crippen molar-refractivity contribution in [2.45, 2.75) is 13.8 Å². The molecule has 2 rings (SSSR count). The van der Waals surface area contributed by atoms with E-state index in [1.54, 1.807) is 32.2 Å². The van der Waals surface area contributed by atoms with Crippen LogP contribution in [0.15, 0.2) is 18.3 Å². The highest BCUT2D eigenvalue weighted by Gasteiger charge is 2.29. The van der Waals surface area contributed by atoms with E-state index in [0.29, 0.717) is 11.2 Å². The molecule has 2 heterocycles. The van der Waals surface area contributed by atoms with E-state index >= 15 is 0 Å². The van der Waals surface area contributed by atoms with E-state index in [9.17, 15) is 4.57 Å². The van der Waals surface area contributed by atoms with Gasteiger partial charge in [-0.05, 0) is 36.0 Å². The summed E-state index contributed by atoms with van der Waals surface area (Å²) in [4.78, 5) is 4.97. The van der Waals surface area contributed by atoms with Crippen molar-refractivity contribution >= 4 is 19.0 Å². The Labute approximate surface area is 103 Å². The third-order valence-electron chi connectivity index (χ3n) is 1.93. The topological polar surface area (TPSA) is 88.4 Å². The summed E-state index contributed by atoms with van der Waals surface area (Å²) in [5.74, 6) is 0. The first-order chi connectivity index (χ1) is 8.68. The molecule has 0 N–H and O–H groups in total. The summed E-state index contributed by atoms with van der Waals surface area (Å²) in [6.45, 7) is 3.76. The Balaban J connectivity index is 2.29. The fraction of sp³-hybridized carbons (Fsp3) is 0.444. The molecule has 0 aromatic carbocycles. The van der Waals surface area contributed by atoms with Gasteiger partial charge in [0, 0.05) is 6.20 Å². The molecule has 0 amide bonds. The Morgan fingerprint density at radius 1 is 1.33 bits per heavy atom. The van der Waals surface area contributed by atoms with Crippen LogP contribution in [-0.2, 0) is 13.6 Å². The van der Waals surface area contributed by atoms with E-state index < -0.39 is 7.82 Å². The number of hydrogen-bond donors (Lipinski definition) is 0. The van der Waals surface area contributed by atoms with Crippen molar-refractivity contribution < 1.29 is 18.2 Å². The molecule has 98 valence electrons. The number of fused-ring (bicyclic) bond motifs is 1. The van der Waals surface area contributed by atoms with Crippen molar-refractivity contribution in [2.24, 2.45) is 0 Å². The molecule has 0 aliphatic heterocycles. The zero-order valence-corrected chi connectivity index (χ0v) is 10.9. The van der Waals surface area contributed by atoms with Gasteiger partial charge in [0.2, 0.25) is 5.65 Å².